The van der Waals surface area contributed by atoms with Gasteiger partial charge in [-0.3, -0.25) is 10.1 Å². The van der Waals surface area contributed by atoms with Gasteiger partial charge in [0.1, 0.15) is 0 Å². The molecule has 0 aliphatic carbocycles. The molecule has 0 amide bonds. The van der Waals surface area contributed by atoms with Crippen LogP contribution in [0, 0.1) is 0 Å². The maximum atomic E-state index is 4.05. The monoisotopic (exact) mass is 241 g/mol. The quantitative estimate of drug-likeness (QED) is 0.614. The van der Waals surface area contributed by atoms with Crippen LogP contribution in [-0.2, 0) is 0 Å². The molecule has 0 fully saturated rings. The lowest BCUT2D eigenvalue weighted by molar-refractivity contribution is 1.07. The lowest BCUT2D eigenvalue weighted by Gasteiger charge is -2.02. The maximum absolute atomic E-state index is 4.05. The van der Waals surface area contributed by atoms with Crippen LogP contribution in [0.4, 0.5) is 0 Å². The molecule has 3 heteroatoms. The van der Waals surface area contributed by atoms with Crippen molar-refractivity contribution in [1.29, 1.82) is 0 Å². The van der Waals surface area contributed by atoms with E-state index in [4.69, 9.17) is 0 Å². The molecular weight excluding hydrogens is 222 g/mol. The molecule has 0 aliphatic heterocycles. The van der Waals surface area contributed by atoms with Crippen LogP contribution in [0.3, 0.4) is 0 Å². The average molecular weight is 241 g/mol. The summed E-state index contributed by atoms with van der Waals surface area (Å²) in [6, 6.07) is 0. The molecule has 0 saturated heterocycles. The molecule has 1 rings (SSSR count). The van der Waals surface area contributed by atoms with Crippen LogP contribution in [0.25, 0.3) is 11.3 Å². The molecule has 18 heavy (non-hydrogen) atoms. The highest BCUT2D eigenvalue weighted by atomic mass is 15.1. The highest BCUT2D eigenvalue weighted by Crippen LogP contribution is 2.24. The topological polar surface area (TPSA) is 41.0 Å². The fourth-order valence-corrected chi connectivity index (χ4v) is 1.48. The van der Waals surface area contributed by atoms with Crippen LogP contribution in [0.15, 0.2) is 47.6 Å². The predicted octanol–water partition coefficient (Wildman–Crippen LogP) is 4.01. The summed E-state index contributed by atoms with van der Waals surface area (Å²) in [6.45, 7) is 13.6. The fraction of sp³-hybridized carbons (Fsp3) is 0.200. The second kappa shape index (κ2) is 6.55. The van der Waals surface area contributed by atoms with E-state index in [1.54, 1.807) is 6.20 Å². The van der Waals surface area contributed by atoms with Crippen LogP contribution >= 0.6 is 0 Å². The number of aromatic nitrogens is 2. The van der Waals surface area contributed by atoms with E-state index in [1.807, 2.05) is 45.1 Å². The summed E-state index contributed by atoms with van der Waals surface area (Å²) in [4.78, 5) is 4.04. The van der Waals surface area contributed by atoms with E-state index in [0.717, 1.165) is 22.5 Å². The van der Waals surface area contributed by atoms with Gasteiger partial charge in [-0.25, -0.2) is 0 Å². The second-order valence-electron chi connectivity index (χ2n) is 4.14. The Balaban J connectivity index is 3.20. The molecule has 94 valence electrons. The normalized spacial score (nSPS) is 11.6. The number of hydrogen-bond acceptors (Lipinski definition) is 2. The van der Waals surface area contributed by atoms with Crippen molar-refractivity contribution in [2.45, 2.75) is 20.8 Å². The van der Waals surface area contributed by atoms with Gasteiger partial charge < -0.3 is 0 Å². The van der Waals surface area contributed by atoms with E-state index in [9.17, 15) is 0 Å². The number of H-pyrrole nitrogens is 1. The molecule has 1 aromatic heterocycles. The van der Waals surface area contributed by atoms with Crippen LogP contribution in [0.2, 0.25) is 0 Å². The third-order valence-corrected chi connectivity index (χ3v) is 2.35. The SMILES string of the molecule is C=N/C(=C\C=C(C)C)c1[nH]ncc1C(=C)/C=C\C. The van der Waals surface area contributed by atoms with Crippen molar-refractivity contribution in [2.24, 2.45) is 4.99 Å². The van der Waals surface area contributed by atoms with Crippen LogP contribution in [0.1, 0.15) is 32.0 Å². The third-order valence-electron chi connectivity index (χ3n) is 2.35. The van der Waals surface area contributed by atoms with Crippen molar-refractivity contribution in [3.05, 3.63) is 53.9 Å². The lowest BCUT2D eigenvalue weighted by Crippen LogP contribution is -1.87. The summed E-state index contributed by atoms with van der Waals surface area (Å²) in [5.74, 6) is 0. The zero-order valence-corrected chi connectivity index (χ0v) is 11.2. The first-order valence-corrected chi connectivity index (χ1v) is 5.77. The minimum absolute atomic E-state index is 0.759. The van der Waals surface area contributed by atoms with Crippen molar-refractivity contribution >= 4 is 18.0 Å². The third kappa shape index (κ3) is 3.42. The first kappa shape index (κ1) is 13.9. The van der Waals surface area contributed by atoms with E-state index >= 15 is 0 Å². The first-order valence-electron chi connectivity index (χ1n) is 5.77. The van der Waals surface area contributed by atoms with Crippen molar-refractivity contribution in [1.82, 2.24) is 10.2 Å². The molecule has 0 aromatic carbocycles. The zero-order valence-electron chi connectivity index (χ0n) is 11.2. The lowest BCUT2D eigenvalue weighted by atomic mass is 10.1. The smallest absolute Gasteiger partial charge is 0.0912 e. The highest BCUT2D eigenvalue weighted by Gasteiger charge is 2.09. The summed E-state index contributed by atoms with van der Waals surface area (Å²) in [6.07, 6.45) is 9.55. The van der Waals surface area contributed by atoms with E-state index in [1.165, 1.54) is 5.57 Å². The Morgan fingerprint density at radius 3 is 2.67 bits per heavy atom. The molecular formula is C15H19N3. The van der Waals surface area contributed by atoms with E-state index in [-0.39, 0.29) is 0 Å². The number of nitrogens with zero attached hydrogens (tertiary/aromatic N) is 2. The van der Waals surface area contributed by atoms with Gasteiger partial charge in [-0.2, -0.15) is 5.10 Å². The van der Waals surface area contributed by atoms with Crippen molar-refractivity contribution < 1.29 is 0 Å². The Morgan fingerprint density at radius 1 is 1.39 bits per heavy atom. The number of hydrogen-bond donors (Lipinski definition) is 1. The van der Waals surface area contributed by atoms with Gasteiger partial charge in [-0.05, 0) is 39.1 Å². The summed E-state index contributed by atoms with van der Waals surface area (Å²) >= 11 is 0. The van der Waals surface area contributed by atoms with Gasteiger partial charge in [-0.15, -0.1) is 0 Å². The van der Waals surface area contributed by atoms with Gasteiger partial charge in [0.2, 0.25) is 0 Å². The van der Waals surface area contributed by atoms with Crippen LogP contribution < -0.4 is 0 Å². The summed E-state index contributed by atoms with van der Waals surface area (Å²) in [7, 11) is 0. The molecule has 0 radical (unpaired) electrons. The van der Waals surface area contributed by atoms with Crippen LogP contribution in [0.5, 0.6) is 0 Å². The Kier molecular flexibility index (Phi) is 5.06. The number of aromatic amines is 1. The summed E-state index contributed by atoms with van der Waals surface area (Å²) < 4.78 is 0. The fourth-order valence-electron chi connectivity index (χ4n) is 1.48. The predicted molar refractivity (Wildman–Crippen MR) is 79.4 cm³/mol. The molecule has 1 N–H and O–H groups in total. The Morgan fingerprint density at radius 2 is 2.11 bits per heavy atom. The molecule has 0 bridgehead atoms. The number of nitrogens with one attached hydrogen (secondary N) is 1. The van der Waals surface area contributed by atoms with Gasteiger partial charge >= 0.3 is 0 Å². The maximum Gasteiger partial charge on any atom is 0.0912 e. The average Bonchev–Trinajstić information content (AvgIpc) is 2.79. The number of rotatable bonds is 5. The molecule has 0 atom stereocenters. The highest BCUT2D eigenvalue weighted by molar-refractivity contribution is 5.81. The molecule has 0 spiro atoms. The summed E-state index contributed by atoms with van der Waals surface area (Å²) in [5.41, 5.74) is 4.63. The Labute approximate surface area is 108 Å². The van der Waals surface area contributed by atoms with E-state index in [0.29, 0.717) is 0 Å². The molecule has 0 saturated carbocycles. The molecule has 3 nitrogen and oxygen atoms in total. The first-order chi connectivity index (χ1) is 8.60. The number of aliphatic imine (C=N–C) groups is 1. The van der Waals surface area contributed by atoms with Gasteiger partial charge in [0.25, 0.3) is 0 Å². The molecule has 0 aliphatic rings. The van der Waals surface area contributed by atoms with Gasteiger partial charge in [0.15, 0.2) is 0 Å². The molecule has 0 unspecified atom stereocenters. The largest absolute Gasteiger partial charge is 0.276 e. The van der Waals surface area contributed by atoms with E-state index in [2.05, 4.69) is 28.5 Å². The molecule has 1 heterocycles. The van der Waals surface area contributed by atoms with Crippen molar-refractivity contribution in [3.63, 3.8) is 0 Å². The zero-order chi connectivity index (χ0) is 13.5. The van der Waals surface area contributed by atoms with Gasteiger partial charge in [0.05, 0.1) is 17.6 Å². The minimum atomic E-state index is 0.759. The second-order valence-corrected chi connectivity index (χ2v) is 4.14. The molecule has 1 aromatic rings. The van der Waals surface area contributed by atoms with Gasteiger partial charge in [0, 0.05) is 5.56 Å². The summed E-state index contributed by atoms with van der Waals surface area (Å²) in [5, 5.41) is 7.00. The standard InChI is InChI=1S/C15H19N3/c1-6-7-12(4)13-10-17-18-15(13)14(16-5)9-8-11(2)3/h6-10H,4-5H2,1-3H3,(H,17,18)/b7-6-,14-9-. The van der Waals surface area contributed by atoms with Crippen molar-refractivity contribution in [3.8, 4) is 0 Å². The van der Waals surface area contributed by atoms with Crippen molar-refractivity contribution in [2.75, 3.05) is 0 Å². The van der Waals surface area contributed by atoms with E-state index < -0.39 is 0 Å². The minimum Gasteiger partial charge on any atom is -0.276 e. The van der Waals surface area contributed by atoms with Gasteiger partial charge in [-0.1, -0.05) is 30.4 Å². The number of allylic oxidation sites excluding steroid dienone is 6. The Bertz CT molecular complexity index is 524. The van der Waals surface area contributed by atoms with Crippen LogP contribution in [-0.4, -0.2) is 16.9 Å². The Hall–Kier alpha value is -2.16.